The highest BCUT2D eigenvalue weighted by Crippen LogP contribution is 2.10. The van der Waals surface area contributed by atoms with Crippen LogP contribution in [0, 0.1) is 6.92 Å². The van der Waals surface area contributed by atoms with E-state index in [1.54, 1.807) is 12.5 Å². The van der Waals surface area contributed by atoms with Gasteiger partial charge in [0.05, 0.1) is 0 Å². The van der Waals surface area contributed by atoms with Crippen molar-refractivity contribution in [3.63, 3.8) is 0 Å². The number of pyridine rings is 1. The molecular weight excluding hydrogens is 208 g/mol. The van der Waals surface area contributed by atoms with Crippen LogP contribution >= 0.6 is 0 Å². The lowest BCUT2D eigenvalue weighted by Gasteiger charge is -2.14. The summed E-state index contributed by atoms with van der Waals surface area (Å²) in [6.45, 7) is 4.07. The van der Waals surface area contributed by atoms with E-state index in [-0.39, 0.29) is 0 Å². The minimum atomic E-state index is -0.701. The second-order valence-corrected chi connectivity index (χ2v) is 5.35. The zero-order chi connectivity index (χ0) is 11.3. The molecule has 1 aromatic heterocycles. The van der Waals surface area contributed by atoms with Crippen LogP contribution in [0.3, 0.4) is 0 Å². The van der Waals surface area contributed by atoms with Crippen LogP contribution < -0.4 is 5.32 Å². The molecule has 0 bridgehead atoms. The Balaban J connectivity index is 2.44. The molecule has 0 fully saturated rings. The van der Waals surface area contributed by atoms with E-state index in [0.717, 1.165) is 23.6 Å². The molecule has 1 rings (SSSR count). The number of nitrogens with zero attached hydrogens (tertiary/aromatic N) is 1. The second-order valence-electron chi connectivity index (χ2n) is 3.80. The standard InChI is InChI=1S/C11H18N2OS/c1-9(5-7-15(3)14)13-11-4-6-12-10(2)8-11/h4,6,8-9H,5,7H2,1-3H3,(H,12,13). The Hall–Kier alpha value is -0.900. The molecule has 0 aliphatic rings. The number of aryl methyl sites for hydroxylation is 1. The van der Waals surface area contributed by atoms with Crippen molar-refractivity contribution in [2.24, 2.45) is 0 Å². The van der Waals surface area contributed by atoms with Crippen LogP contribution in [0.25, 0.3) is 0 Å². The van der Waals surface area contributed by atoms with Gasteiger partial charge in [-0.15, -0.1) is 0 Å². The van der Waals surface area contributed by atoms with Gasteiger partial charge in [-0.05, 0) is 32.4 Å². The first-order valence-electron chi connectivity index (χ1n) is 5.07. The van der Waals surface area contributed by atoms with Crippen LogP contribution in [0.4, 0.5) is 5.69 Å². The molecule has 0 saturated heterocycles. The molecular formula is C11H18N2OS. The highest BCUT2D eigenvalue weighted by atomic mass is 32.2. The van der Waals surface area contributed by atoms with Gasteiger partial charge in [-0.3, -0.25) is 9.19 Å². The van der Waals surface area contributed by atoms with Crippen molar-refractivity contribution >= 4 is 16.5 Å². The lowest BCUT2D eigenvalue weighted by Crippen LogP contribution is -2.17. The molecule has 0 saturated carbocycles. The van der Waals surface area contributed by atoms with Gasteiger partial charge in [-0.25, -0.2) is 0 Å². The molecule has 0 radical (unpaired) electrons. The molecule has 1 aromatic rings. The van der Waals surface area contributed by atoms with E-state index in [4.69, 9.17) is 0 Å². The van der Waals surface area contributed by atoms with Gasteiger partial charge < -0.3 is 5.32 Å². The van der Waals surface area contributed by atoms with Crippen molar-refractivity contribution in [1.82, 2.24) is 4.98 Å². The van der Waals surface area contributed by atoms with E-state index >= 15 is 0 Å². The molecule has 84 valence electrons. The van der Waals surface area contributed by atoms with E-state index in [2.05, 4.69) is 17.2 Å². The Bertz CT molecular complexity index is 341. The minimum Gasteiger partial charge on any atom is -0.382 e. The second kappa shape index (κ2) is 5.85. The minimum absolute atomic E-state index is 0.343. The Kier molecular flexibility index (Phi) is 4.75. The summed E-state index contributed by atoms with van der Waals surface area (Å²) in [5.74, 6) is 0.748. The number of rotatable bonds is 5. The van der Waals surface area contributed by atoms with E-state index in [9.17, 15) is 4.21 Å². The molecule has 1 heterocycles. The molecule has 15 heavy (non-hydrogen) atoms. The third kappa shape index (κ3) is 4.93. The normalized spacial score (nSPS) is 14.6. The Morgan fingerprint density at radius 3 is 2.93 bits per heavy atom. The van der Waals surface area contributed by atoms with Crippen LogP contribution in [0.15, 0.2) is 18.3 Å². The number of aromatic nitrogens is 1. The zero-order valence-corrected chi connectivity index (χ0v) is 10.3. The SMILES string of the molecule is Cc1cc(NC(C)CCS(C)=O)ccn1. The van der Waals surface area contributed by atoms with Gasteiger partial charge in [0.15, 0.2) is 0 Å². The van der Waals surface area contributed by atoms with Gasteiger partial charge >= 0.3 is 0 Å². The Morgan fingerprint density at radius 1 is 1.60 bits per heavy atom. The highest BCUT2D eigenvalue weighted by Gasteiger charge is 2.03. The van der Waals surface area contributed by atoms with Crippen LogP contribution in [-0.2, 0) is 10.8 Å². The summed E-state index contributed by atoms with van der Waals surface area (Å²) in [6, 6.07) is 4.31. The summed E-state index contributed by atoms with van der Waals surface area (Å²) >= 11 is 0. The molecule has 4 heteroatoms. The monoisotopic (exact) mass is 226 g/mol. The fourth-order valence-electron chi connectivity index (χ4n) is 1.33. The molecule has 0 spiro atoms. The van der Waals surface area contributed by atoms with E-state index in [1.165, 1.54) is 0 Å². The topological polar surface area (TPSA) is 42.0 Å². The Labute approximate surface area is 93.8 Å². The maximum Gasteiger partial charge on any atom is 0.0393 e. The van der Waals surface area contributed by atoms with E-state index in [1.807, 2.05) is 19.1 Å². The van der Waals surface area contributed by atoms with Crippen molar-refractivity contribution < 1.29 is 4.21 Å². The Morgan fingerprint density at radius 2 is 2.33 bits per heavy atom. The van der Waals surface area contributed by atoms with Gasteiger partial charge in [0, 0.05) is 46.4 Å². The lowest BCUT2D eigenvalue weighted by molar-refractivity contribution is 0.678. The third-order valence-electron chi connectivity index (χ3n) is 2.15. The smallest absolute Gasteiger partial charge is 0.0393 e. The maximum absolute atomic E-state index is 10.9. The van der Waals surface area contributed by atoms with Crippen LogP contribution in [0.2, 0.25) is 0 Å². The number of anilines is 1. The number of hydrogen-bond acceptors (Lipinski definition) is 3. The van der Waals surface area contributed by atoms with Gasteiger partial charge in [-0.1, -0.05) is 0 Å². The van der Waals surface area contributed by atoms with Crippen LogP contribution in [0.5, 0.6) is 0 Å². The summed E-state index contributed by atoms with van der Waals surface area (Å²) in [4.78, 5) is 4.13. The van der Waals surface area contributed by atoms with Crippen molar-refractivity contribution in [1.29, 1.82) is 0 Å². The third-order valence-corrected chi connectivity index (χ3v) is 2.96. The summed E-state index contributed by atoms with van der Waals surface area (Å²) in [5.41, 5.74) is 2.09. The largest absolute Gasteiger partial charge is 0.382 e. The van der Waals surface area contributed by atoms with Crippen molar-refractivity contribution in [2.75, 3.05) is 17.3 Å². The fourth-order valence-corrected chi connectivity index (χ4v) is 2.02. The highest BCUT2D eigenvalue weighted by molar-refractivity contribution is 7.84. The molecule has 0 amide bonds. The molecule has 2 unspecified atom stereocenters. The average Bonchev–Trinajstić information content (AvgIpc) is 2.15. The summed E-state index contributed by atoms with van der Waals surface area (Å²) in [7, 11) is -0.701. The quantitative estimate of drug-likeness (QED) is 0.834. The molecule has 0 aliphatic carbocycles. The first kappa shape index (κ1) is 12.2. The van der Waals surface area contributed by atoms with Gasteiger partial charge in [-0.2, -0.15) is 0 Å². The summed E-state index contributed by atoms with van der Waals surface area (Å²) in [6.07, 6.45) is 4.45. The molecule has 0 aromatic carbocycles. The summed E-state index contributed by atoms with van der Waals surface area (Å²) in [5, 5.41) is 3.36. The predicted molar refractivity (Wildman–Crippen MR) is 65.6 cm³/mol. The lowest BCUT2D eigenvalue weighted by atomic mass is 10.2. The molecule has 2 atom stereocenters. The first-order valence-corrected chi connectivity index (χ1v) is 6.80. The first-order chi connectivity index (χ1) is 7.08. The fraction of sp³-hybridized carbons (Fsp3) is 0.545. The van der Waals surface area contributed by atoms with Gasteiger partial charge in [0.25, 0.3) is 0 Å². The van der Waals surface area contributed by atoms with Gasteiger partial charge in [0.1, 0.15) is 0 Å². The van der Waals surface area contributed by atoms with Crippen molar-refractivity contribution in [2.45, 2.75) is 26.3 Å². The maximum atomic E-state index is 10.9. The van der Waals surface area contributed by atoms with Crippen molar-refractivity contribution in [3.05, 3.63) is 24.0 Å². The van der Waals surface area contributed by atoms with E-state index in [0.29, 0.717) is 6.04 Å². The predicted octanol–water partition coefficient (Wildman–Crippen LogP) is 1.96. The van der Waals surface area contributed by atoms with Gasteiger partial charge in [0.2, 0.25) is 0 Å². The zero-order valence-electron chi connectivity index (χ0n) is 9.49. The summed E-state index contributed by atoms with van der Waals surface area (Å²) < 4.78 is 10.9. The molecule has 0 aliphatic heterocycles. The number of hydrogen-bond donors (Lipinski definition) is 1. The van der Waals surface area contributed by atoms with Crippen LogP contribution in [-0.4, -0.2) is 27.2 Å². The van der Waals surface area contributed by atoms with Crippen LogP contribution in [0.1, 0.15) is 19.0 Å². The number of nitrogens with one attached hydrogen (secondary N) is 1. The molecule has 1 N–H and O–H groups in total. The van der Waals surface area contributed by atoms with E-state index < -0.39 is 10.8 Å². The average molecular weight is 226 g/mol. The van der Waals surface area contributed by atoms with Crippen molar-refractivity contribution in [3.8, 4) is 0 Å². The molecule has 3 nitrogen and oxygen atoms in total.